The first-order chi connectivity index (χ1) is 6.45. The molecule has 0 fully saturated rings. The minimum Gasteiger partial charge on any atom is -0.328 e. The number of alkyl halides is 3. The molecule has 0 bridgehead atoms. The Bertz CT molecular complexity index is 346. The molecule has 1 aromatic rings. The molecule has 5 heteroatoms. The highest BCUT2D eigenvalue weighted by Gasteiger charge is 2.30. The molecule has 0 saturated heterocycles. The Hall–Kier alpha value is -1.52. The fourth-order valence-electron chi connectivity index (χ4n) is 1.02. The third-order valence-electron chi connectivity index (χ3n) is 1.78. The van der Waals surface area contributed by atoms with Crippen molar-refractivity contribution >= 4 is 12.1 Å². The fourth-order valence-corrected chi connectivity index (χ4v) is 1.02. The monoisotopic (exact) mass is 203 g/mol. The number of aryl methyl sites for hydroxylation is 1. The summed E-state index contributed by atoms with van der Waals surface area (Å²) in [5.41, 5.74) is -0.00706. The van der Waals surface area contributed by atoms with E-state index in [4.69, 9.17) is 0 Å². The van der Waals surface area contributed by atoms with Crippen molar-refractivity contribution in [3.8, 4) is 0 Å². The van der Waals surface area contributed by atoms with Gasteiger partial charge < -0.3 is 5.32 Å². The summed E-state index contributed by atoms with van der Waals surface area (Å²) in [6.07, 6.45) is -4.03. The molecular weight excluding hydrogens is 195 g/mol. The molecule has 0 aromatic heterocycles. The van der Waals surface area contributed by atoms with E-state index in [0.717, 1.165) is 12.1 Å². The fraction of sp³-hybridized carbons (Fsp3) is 0.222. The number of anilines is 1. The third-order valence-corrected chi connectivity index (χ3v) is 1.78. The van der Waals surface area contributed by atoms with E-state index in [1.165, 1.54) is 6.07 Å². The van der Waals surface area contributed by atoms with Gasteiger partial charge >= 0.3 is 6.18 Å². The molecule has 2 nitrogen and oxygen atoms in total. The number of rotatable bonds is 2. The van der Waals surface area contributed by atoms with Gasteiger partial charge in [-0.3, -0.25) is 4.79 Å². The summed E-state index contributed by atoms with van der Waals surface area (Å²) < 4.78 is 36.7. The first-order valence-electron chi connectivity index (χ1n) is 3.83. The average molecular weight is 203 g/mol. The Labute approximate surface area is 78.7 Å². The first-order valence-corrected chi connectivity index (χ1v) is 3.83. The lowest BCUT2D eigenvalue weighted by atomic mass is 10.1. The van der Waals surface area contributed by atoms with Crippen LogP contribution < -0.4 is 5.32 Å². The van der Waals surface area contributed by atoms with Crippen LogP contribution in [0.2, 0.25) is 0 Å². The molecule has 0 saturated carbocycles. The number of nitrogens with one attached hydrogen (secondary N) is 1. The maximum absolute atomic E-state index is 12.2. The summed E-state index contributed by atoms with van der Waals surface area (Å²) in [6.45, 7) is 1.62. The van der Waals surface area contributed by atoms with E-state index in [0.29, 0.717) is 12.0 Å². The van der Waals surface area contributed by atoms with Gasteiger partial charge in [0.15, 0.2) is 0 Å². The number of hydrogen-bond acceptors (Lipinski definition) is 1. The van der Waals surface area contributed by atoms with E-state index < -0.39 is 11.7 Å². The van der Waals surface area contributed by atoms with E-state index in [1.807, 2.05) is 0 Å². The van der Waals surface area contributed by atoms with Crippen LogP contribution in [0.25, 0.3) is 0 Å². The van der Waals surface area contributed by atoms with Gasteiger partial charge in [0, 0.05) is 5.69 Å². The van der Waals surface area contributed by atoms with Gasteiger partial charge in [-0.25, -0.2) is 0 Å². The van der Waals surface area contributed by atoms with Crippen LogP contribution >= 0.6 is 0 Å². The molecule has 0 aliphatic carbocycles. The van der Waals surface area contributed by atoms with E-state index in [1.54, 1.807) is 6.92 Å². The standard InChI is InChI=1S/C9H8F3NO/c1-6-2-3-7(9(10,11)12)4-8(6)13-5-14/h2-5H,1H3,(H,13,14). The smallest absolute Gasteiger partial charge is 0.328 e. The lowest BCUT2D eigenvalue weighted by molar-refractivity contribution is -0.137. The second-order valence-corrected chi connectivity index (χ2v) is 2.79. The summed E-state index contributed by atoms with van der Waals surface area (Å²) in [5.74, 6) is 0. The highest BCUT2D eigenvalue weighted by molar-refractivity contribution is 5.73. The number of carbonyl (C=O) groups excluding carboxylic acids is 1. The molecule has 0 aliphatic heterocycles. The van der Waals surface area contributed by atoms with Crippen LogP contribution in [0.4, 0.5) is 18.9 Å². The Kier molecular flexibility index (Phi) is 2.78. The minimum absolute atomic E-state index is 0.176. The quantitative estimate of drug-likeness (QED) is 0.735. The Balaban J connectivity index is 3.12. The maximum atomic E-state index is 12.2. The van der Waals surface area contributed by atoms with Crippen molar-refractivity contribution in [2.75, 3.05) is 5.32 Å². The van der Waals surface area contributed by atoms with E-state index in [9.17, 15) is 18.0 Å². The van der Waals surface area contributed by atoms with Crippen LogP contribution in [0.5, 0.6) is 0 Å². The van der Waals surface area contributed by atoms with Gasteiger partial charge in [0.2, 0.25) is 6.41 Å². The predicted molar refractivity (Wildman–Crippen MR) is 45.9 cm³/mol. The summed E-state index contributed by atoms with van der Waals surface area (Å²) in [5, 5.41) is 2.21. The second kappa shape index (κ2) is 3.69. The Morgan fingerprint density at radius 2 is 2.00 bits per heavy atom. The van der Waals surface area contributed by atoms with Gasteiger partial charge in [-0.15, -0.1) is 0 Å². The second-order valence-electron chi connectivity index (χ2n) is 2.79. The molecule has 1 N–H and O–H groups in total. The van der Waals surface area contributed by atoms with Crippen LogP contribution in [-0.2, 0) is 11.0 Å². The molecule has 1 amide bonds. The van der Waals surface area contributed by atoms with Crippen molar-refractivity contribution in [1.82, 2.24) is 0 Å². The van der Waals surface area contributed by atoms with Gasteiger partial charge in [0.25, 0.3) is 0 Å². The van der Waals surface area contributed by atoms with Crippen LogP contribution in [0.15, 0.2) is 18.2 Å². The maximum Gasteiger partial charge on any atom is 0.416 e. The molecule has 0 aliphatic rings. The zero-order chi connectivity index (χ0) is 10.8. The highest BCUT2D eigenvalue weighted by Crippen LogP contribution is 2.31. The van der Waals surface area contributed by atoms with Gasteiger partial charge in [-0.1, -0.05) is 6.07 Å². The zero-order valence-corrected chi connectivity index (χ0v) is 7.35. The van der Waals surface area contributed by atoms with Crippen molar-refractivity contribution < 1.29 is 18.0 Å². The molecule has 0 radical (unpaired) electrons. The zero-order valence-electron chi connectivity index (χ0n) is 7.35. The van der Waals surface area contributed by atoms with Crippen molar-refractivity contribution in [1.29, 1.82) is 0 Å². The SMILES string of the molecule is Cc1ccc(C(F)(F)F)cc1NC=O. The predicted octanol–water partition coefficient (Wildman–Crippen LogP) is 2.58. The molecule has 0 heterocycles. The van der Waals surface area contributed by atoms with Crippen molar-refractivity contribution in [2.24, 2.45) is 0 Å². The normalized spacial score (nSPS) is 11.1. The summed E-state index contributed by atoms with van der Waals surface area (Å²) in [4.78, 5) is 10.1. The molecule has 0 unspecified atom stereocenters. The van der Waals surface area contributed by atoms with Gasteiger partial charge in [0.1, 0.15) is 0 Å². The van der Waals surface area contributed by atoms with Crippen molar-refractivity contribution in [2.45, 2.75) is 13.1 Å². The topological polar surface area (TPSA) is 29.1 Å². The number of carbonyl (C=O) groups is 1. The van der Waals surface area contributed by atoms with Crippen LogP contribution in [0, 0.1) is 6.92 Å². The highest BCUT2D eigenvalue weighted by atomic mass is 19.4. The van der Waals surface area contributed by atoms with E-state index in [-0.39, 0.29) is 5.69 Å². The summed E-state index contributed by atoms with van der Waals surface area (Å²) >= 11 is 0. The molecular formula is C9H8F3NO. The summed E-state index contributed by atoms with van der Waals surface area (Å²) in [6, 6.07) is 3.20. The number of amides is 1. The average Bonchev–Trinajstić information content (AvgIpc) is 2.07. The van der Waals surface area contributed by atoms with Crippen LogP contribution in [0.1, 0.15) is 11.1 Å². The molecule has 0 atom stereocenters. The lowest BCUT2D eigenvalue weighted by Crippen LogP contribution is -2.06. The van der Waals surface area contributed by atoms with Gasteiger partial charge in [-0.05, 0) is 24.6 Å². The molecule has 14 heavy (non-hydrogen) atoms. The van der Waals surface area contributed by atoms with E-state index in [2.05, 4.69) is 5.32 Å². The van der Waals surface area contributed by atoms with E-state index >= 15 is 0 Å². The molecule has 0 spiro atoms. The molecule has 76 valence electrons. The number of hydrogen-bond donors (Lipinski definition) is 1. The number of halogens is 3. The molecule has 1 rings (SSSR count). The Morgan fingerprint density at radius 3 is 2.50 bits per heavy atom. The van der Waals surface area contributed by atoms with Crippen LogP contribution in [-0.4, -0.2) is 6.41 Å². The third kappa shape index (κ3) is 2.25. The first kappa shape index (κ1) is 10.6. The number of benzene rings is 1. The van der Waals surface area contributed by atoms with Crippen molar-refractivity contribution in [3.05, 3.63) is 29.3 Å². The minimum atomic E-state index is -4.38. The van der Waals surface area contributed by atoms with Crippen molar-refractivity contribution in [3.63, 3.8) is 0 Å². The van der Waals surface area contributed by atoms with Gasteiger partial charge in [0.05, 0.1) is 5.56 Å². The molecule has 1 aromatic carbocycles. The summed E-state index contributed by atoms with van der Waals surface area (Å²) in [7, 11) is 0. The van der Waals surface area contributed by atoms with Crippen LogP contribution in [0.3, 0.4) is 0 Å². The lowest BCUT2D eigenvalue weighted by Gasteiger charge is -2.10. The largest absolute Gasteiger partial charge is 0.416 e. The Morgan fingerprint density at radius 1 is 1.36 bits per heavy atom. The van der Waals surface area contributed by atoms with Gasteiger partial charge in [-0.2, -0.15) is 13.2 Å².